The lowest BCUT2D eigenvalue weighted by molar-refractivity contribution is -0.127. The molecule has 0 radical (unpaired) electrons. The molecule has 0 aliphatic heterocycles. The Morgan fingerprint density at radius 3 is 2.39 bits per heavy atom. The SMILES string of the molecule is CCCOc1c(Br)cc(C(=O)Nc2ccc(CC(=O)N(C)C)cc2)cc1OC. The lowest BCUT2D eigenvalue weighted by Crippen LogP contribution is -2.23. The van der Waals surface area contributed by atoms with E-state index in [-0.39, 0.29) is 11.8 Å². The Hall–Kier alpha value is -2.54. The normalized spacial score (nSPS) is 10.3. The molecule has 0 unspecified atom stereocenters. The van der Waals surface area contributed by atoms with Crippen LogP contribution >= 0.6 is 15.9 Å². The number of carbonyl (C=O) groups excluding carboxylic acids is 2. The van der Waals surface area contributed by atoms with Crippen molar-refractivity contribution in [3.05, 3.63) is 52.0 Å². The van der Waals surface area contributed by atoms with E-state index >= 15 is 0 Å². The summed E-state index contributed by atoms with van der Waals surface area (Å²) in [6.45, 7) is 2.58. The molecule has 0 aliphatic rings. The Balaban J connectivity index is 2.12. The van der Waals surface area contributed by atoms with Crippen molar-refractivity contribution < 1.29 is 19.1 Å². The molecular formula is C21H25BrN2O4. The van der Waals surface area contributed by atoms with Gasteiger partial charge in [-0.05, 0) is 52.2 Å². The number of hydrogen-bond donors (Lipinski definition) is 1. The summed E-state index contributed by atoms with van der Waals surface area (Å²) in [6.07, 6.45) is 1.19. The molecule has 0 fully saturated rings. The van der Waals surface area contributed by atoms with E-state index in [0.717, 1.165) is 12.0 Å². The van der Waals surface area contributed by atoms with Gasteiger partial charge in [0.15, 0.2) is 11.5 Å². The van der Waals surface area contributed by atoms with Gasteiger partial charge in [-0.25, -0.2) is 0 Å². The number of anilines is 1. The number of benzene rings is 2. The number of methoxy groups -OCH3 is 1. The average molecular weight is 449 g/mol. The van der Waals surface area contributed by atoms with E-state index < -0.39 is 0 Å². The largest absolute Gasteiger partial charge is 0.493 e. The maximum absolute atomic E-state index is 12.6. The van der Waals surface area contributed by atoms with Gasteiger partial charge in [0, 0.05) is 25.3 Å². The van der Waals surface area contributed by atoms with Crippen molar-refractivity contribution in [1.82, 2.24) is 4.90 Å². The van der Waals surface area contributed by atoms with Crippen LogP contribution in [0.15, 0.2) is 40.9 Å². The standard InChI is InChI=1S/C21H25BrN2O4/c1-5-10-28-20-17(22)12-15(13-18(20)27-4)21(26)23-16-8-6-14(7-9-16)11-19(25)24(2)3/h6-9,12-13H,5,10-11H2,1-4H3,(H,23,26). The van der Waals surface area contributed by atoms with Crippen LogP contribution in [0, 0.1) is 0 Å². The minimum atomic E-state index is -0.266. The number of hydrogen-bond acceptors (Lipinski definition) is 4. The molecular weight excluding hydrogens is 424 g/mol. The highest BCUT2D eigenvalue weighted by molar-refractivity contribution is 9.10. The molecule has 28 heavy (non-hydrogen) atoms. The Morgan fingerprint density at radius 1 is 1.14 bits per heavy atom. The third kappa shape index (κ3) is 5.73. The van der Waals surface area contributed by atoms with Crippen molar-refractivity contribution in [2.24, 2.45) is 0 Å². The fourth-order valence-electron chi connectivity index (χ4n) is 2.44. The Bertz CT molecular complexity index is 835. The quantitative estimate of drug-likeness (QED) is 0.658. The molecule has 6 nitrogen and oxygen atoms in total. The lowest BCUT2D eigenvalue weighted by Gasteiger charge is -2.14. The molecule has 7 heteroatoms. The van der Waals surface area contributed by atoms with Crippen molar-refractivity contribution in [2.75, 3.05) is 33.1 Å². The average Bonchev–Trinajstić information content (AvgIpc) is 2.67. The van der Waals surface area contributed by atoms with E-state index in [0.29, 0.717) is 40.3 Å². The first-order valence-corrected chi connectivity index (χ1v) is 9.75. The van der Waals surface area contributed by atoms with Crippen LogP contribution in [0.25, 0.3) is 0 Å². The van der Waals surface area contributed by atoms with Crippen molar-refractivity contribution in [3.8, 4) is 11.5 Å². The number of amides is 2. The third-order valence-electron chi connectivity index (χ3n) is 4.01. The molecule has 0 aromatic heterocycles. The summed E-state index contributed by atoms with van der Waals surface area (Å²) in [4.78, 5) is 25.9. The molecule has 0 aliphatic carbocycles. The van der Waals surface area contributed by atoms with Crippen molar-refractivity contribution >= 4 is 33.4 Å². The second-order valence-corrected chi connectivity index (χ2v) is 7.31. The van der Waals surface area contributed by atoms with Gasteiger partial charge < -0.3 is 19.7 Å². The monoisotopic (exact) mass is 448 g/mol. The molecule has 0 saturated carbocycles. The van der Waals surface area contributed by atoms with Gasteiger partial charge in [0.05, 0.1) is 24.6 Å². The molecule has 0 spiro atoms. The predicted octanol–water partition coefficient (Wildman–Crippen LogP) is 4.13. The Labute approximate surface area is 174 Å². The molecule has 2 rings (SSSR count). The molecule has 0 saturated heterocycles. The molecule has 2 aromatic rings. The van der Waals surface area contributed by atoms with Crippen molar-refractivity contribution in [3.63, 3.8) is 0 Å². The van der Waals surface area contributed by atoms with Gasteiger partial charge in [0.1, 0.15) is 0 Å². The number of likely N-dealkylation sites (N-methyl/N-ethyl adjacent to an activating group) is 1. The van der Waals surface area contributed by atoms with Crippen LogP contribution in [0.1, 0.15) is 29.3 Å². The summed E-state index contributed by atoms with van der Waals surface area (Å²) in [5.74, 6) is 0.832. The second kappa shape index (κ2) is 10.1. The van der Waals surface area contributed by atoms with E-state index in [1.165, 1.54) is 7.11 Å². The summed E-state index contributed by atoms with van der Waals surface area (Å²) in [5, 5.41) is 2.85. The molecule has 150 valence electrons. The van der Waals surface area contributed by atoms with E-state index in [9.17, 15) is 9.59 Å². The Morgan fingerprint density at radius 2 is 1.82 bits per heavy atom. The number of nitrogens with zero attached hydrogens (tertiary/aromatic N) is 1. The second-order valence-electron chi connectivity index (χ2n) is 6.45. The van der Waals surface area contributed by atoms with Crippen molar-refractivity contribution in [2.45, 2.75) is 19.8 Å². The molecule has 2 amide bonds. The summed E-state index contributed by atoms with van der Waals surface area (Å²) >= 11 is 3.45. The van der Waals surface area contributed by atoms with Gasteiger partial charge in [-0.1, -0.05) is 19.1 Å². The van der Waals surface area contributed by atoms with Gasteiger partial charge >= 0.3 is 0 Å². The van der Waals surface area contributed by atoms with E-state index in [1.54, 1.807) is 43.3 Å². The van der Waals surface area contributed by atoms with Crippen LogP contribution in [0.4, 0.5) is 5.69 Å². The first-order chi connectivity index (χ1) is 13.3. The number of nitrogens with one attached hydrogen (secondary N) is 1. The highest BCUT2D eigenvalue weighted by Crippen LogP contribution is 2.37. The van der Waals surface area contributed by atoms with Gasteiger partial charge in [0.25, 0.3) is 5.91 Å². The van der Waals surface area contributed by atoms with Crippen molar-refractivity contribution in [1.29, 1.82) is 0 Å². The topological polar surface area (TPSA) is 67.9 Å². The Kier molecular flexibility index (Phi) is 7.87. The predicted molar refractivity (Wildman–Crippen MR) is 113 cm³/mol. The minimum Gasteiger partial charge on any atom is -0.493 e. The smallest absolute Gasteiger partial charge is 0.255 e. The summed E-state index contributed by atoms with van der Waals surface area (Å²) in [5.41, 5.74) is 1.98. The first kappa shape index (κ1) is 21.8. The van der Waals surface area contributed by atoms with Gasteiger partial charge in [-0.3, -0.25) is 9.59 Å². The minimum absolute atomic E-state index is 0.0270. The summed E-state index contributed by atoms with van der Waals surface area (Å²) in [6, 6.07) is 10.6. The fourth-order valence-corrected chi connectivity index (χ4v) is 2.99. The first-order valence-electron chi connectivity index (χ1n) is 8.96. The zero-order valence-electron chi connectivity index (χ0n) is 16.5. The zero-order valence-corrected chi connectivity index (χ0v) is 18.1. The van der Waals surface area contributed by atoms with Crippen LogP contribution < -0.4 is 14.8 Å². The number of carbonyl (C=O) groups is 2. The molecule has 1 N–H and O–H groups in total. The maximum atomic E-state index is 12.6. The van der Waals surface area contributed by atoms with Crippen LogP contribution in [0.3, 0.4) is 0 Å². The maximum Gasteiger partial charge on any atom is 0.255 e. The van der Waals surface area contributed by atoms with Gasteiger partial charge in [0.2, 0.25) is 5.91 Å². The molecule has 0 atom stereocenters. The van der Waals surface area contributed by atoms with Gasteiger partial charge in [-0.2, -0.15) is 0 Å². The van der Waals surface area contributed by atoms with E-state index in [1.807, 2.05) is 19.1 Å². The number of rotatable bonds is 8. The third-order valence-corrected chi connectivity index (χ3v) is 4.60. The highest BCUT2D eigenvalue weighted by atomic mass is 79.9. The molecule has 0 heterocycles. The summed E-state index contributed by atoms with van der Waals surface area (Å²) in [7, 11) is 4.99. The molecule has 2 aromatic carbocycles. The highest BCUT2D eigenvalue weighted by Gasteiger charge is 2.16. The van der Waals surface area contributed by atoms with Crippen LogP contribution in [0.2, 0.25) is 0 Å². The van der Waals surface area contributed by atoms with E-state index in [2.05, 4.69) is 21.2 Å². The lowest BCUT2D eigenvalue weighted by atomic mass is 10.1. The van der Waals surface area contributed by atoms with Gasteiger partial charge in [-0.15, -0.1) is 0 Å². The van der Waals surface area contributed by atoms with E-state index in [4.69, 9.17) is 9.47 Å². The fraction of sp³-hybridized carbons (Fsp3) is 0.333. The number of ether oxygens (including phenoxy) is 2. The number of halogens is 1. The van der Waals surface area contributed by atoms with Crippen LogP contribution in [-0.4, -0.2) is 44.5 Å². The van der Waals surface area contributed by atoms with Crippen LogP contribution in [-0.2, 0) is 11.2 Å². The zero-order chi connectivity index (χ0) is 20.7. The summed E-state index contributed by atoms with van der Waals surface area (Å²) < 4.78 is 11.7. The molecule has 0 bridgehead atoms. The van der Waals surface area contributed by atoms with Crippen LogP contribution in [0.5, 0.6) is 11.5 Å².